The molecule has 2 N–H and O–H groups in total. The van der Waals surface area contributed by atoms with Gasteiger partial charge in [-0.15, -0.1) is 23.2 Å². The summed E-state index contributed by atoms with van der Waals surface area (Å²) in [7, 11) is 2.78. The Labute approximate surface area is 278 Å². The van der Waals surface area contributed by atoms with Crippen LogP contribution in [0, 0.1) is 23.7 Å². The zero-order chi connectivity index (χ0) is 32.8. The minimum atomic E-state index is -1.92. The number of carboxylic acid groups (broad SMARTS) is 1. The molecule has 1 aromatic rings. The second-order valence-corrected chi connectivity index (χ2v) is 13.4. The van der Waals surface area contributed by atoms with Crippen molar-refractivity contribution in [2.75, 3.05) is 26.2 Å². The monoisotopic (exact) mass is 726 g/mol. The van der Waals surface area contributed by atoms with Gasteiger partial charge in [0.05, 0.1) is 31.5 Å². The van der Waals surface area contributed by atoms with Crippen molar-refractivity contribution in [2.24, 2.45) is 23.7 Å². The molecule has 1 saturated carbocycles. The van der Waals surface area contributed by atoms with Gasteiger partial charge in [-0.1, -0.05) is 46.2 Å². The van der Waals surface area contributed by atoms with Crippen LogP contribution in [0.4, 0.5) is 0 Å². The number of unbranched alkanes of at least 4 members (excludes halogenated alkanes) is 2. The number of methoxy groups -OCH3 is 2. The van der Waals surface area contributed by atoms with Gasteiger partial charge in [0, 0.05) is 18.9 Å². The normalized spacial score (nSPS) is 30.8. The lowest BCUT2D eigenvalue weighted by atomic mass is 9.57. The third-order valence-electron chi connectivity index (χ3n) is 9.42. The molecule has 2 saturated heterocycles. The molecule has 6 atom stereocenters. The number of hydrogen-bond acceptors (Lipinski definition) is 8. The largest absolute Gasteiger partial charge is 0.502 e. The van der Waals surface area contributed by atoms with Gasteiger partial charge in [0.25, 0.3) is 11.8 Å². The molecule has 14 heteroatoms. The summed E-state index contributed by atoms with van der Waals surface area (Å²) < 4.78 is 10.5. The maximum Gasteiger partial charge on any atom is 0.303 e. The van der Waals surface area contributed by atoms with E-state index in [2.05, 4.69) is 15.9 Å². The maximum absolute atomic E-state index is 13.8. The van der Waals surface area contributed by atoms with Crippen LogP contribution in [0.2, 0.25) is 0 Å². The Hall–Kier alpha value is -3.09. The number of amides is 4. The number of aromatic hydroxyl groups is 1. The molecule has 4 aliphatic rings. The molecular weight excluding hydrogens is 695 g/mol. The number of ether oxygens (including phenoxy) is 2. The number of nitrogens with zero attached hydrogens (tertiary/aromatic N) is 2. The molecule has 0 radical (unpaired) electrons. The fourth-order valence-corrected chi connectivity index (χ4v) is 8.61. The Morgan fingerprint density at radius 2 is 1.69 bits per heavy atom. The average Bonchev–Trinajstić information content (AvgIpc) is 3.34. The van der Waals surface area contributed by atoms with Gasteiger partial charge in [-0.25, -0.2) is 0 Å². The first-order valence-electron chi connectivity index (χ1n) is 14.6. The van der Waals surface area contributed by atoms with Gasteiger partial charge in [-0.05, 0) is 49.3 Å². The number of halogens is 3. The summed E-state index contributed by atoms with van der Waals surface area (Å²) in [6.07, 6.45) is 6.76. The van der Waals surface area contributed by atoms with Crippen molar-refractivity contribution in [1.82, 2.24) is 9.80 Å². The van der Waals surface area contributed by atoms with Crippen molar-refractivity contribution >= 4 is 74.8 Å². The predicted octanol–water partition coefficient (Wildman–Crippen LogP) is 4.31. The third kappa shape index (κ3) is 5.22. The highest BCUT2D eigenvalue weighted by atomic mass is 79.9. The van der Waals surface area contributed by atoms with E-state index in [1.807, 2.05) is 6.08 Å². The fraction of sp³-hybridized carbons (Fsp3) is 0.516. The van der Waals surface area contributed by atoms with Crippen molar-refractivity contribution in [3.8, 4) is 17.2 Å². The number of carboxylic acids is 1. The van der Waals surface area contributed by atoms with Crippen LogP contribution < -0.4 is 9.47 Å². The molecule has 2 aliphatic carbocycles. The SMILES string of the molecule is COc1cc(C=CC2C3=CCC4C(=O)N(CCCCCC(=O)O)C(=O)C4C3CC3(Cl)C(=O)N(CBr)C(=O)C23Cl)cc(OC)c1O. The molecule has 242 valence electrons. The molecule has 6 unspecified atom stereocenters. The number of aliphatic carboxylic acids is 1. The van der Waals surface area contributed by atoms with Gasteiger partial charge in [0.2, 0.25) is 17.6 Å². The van der Waals surface area contributed by atoms with Crippen molar-refractivity contribution in [2.45, 2.75) is 48.3 Å². The molecule has 5 rings (SSSR count). The number of phenols is 1. The number of carbonyl (C=O) groups excluding carboxylic acids is 4. The van der Waals surface area contributed by atoms with Crippen LogP contribution in [0.3, 0.4) is 0 Å². The Kier molecular flexibility index (Phi) is 9.32. The van der Waals surface area contributed by atoms with Crippen LogP contribution in [0.15, 0.2) is 29.9 Å². The van der Waals surface area contributed by atoms with Gasteiger partial charge in [-0.2, -0.15) is 0 Å². The minimum absolute atomic E-state index is 0.0112. The van der Waals surface area contributed by atoms with E-state index in [1.165, 1.54) is 19.1 Å². The third-order valence-corrected chi connectivity index (χ3v) is 11.3. The number of fused-ring (bicyclic) bond motifs is 4. The molecule has 2 heterocycles. The highest BCUT2D eigenvalue weighted by Gasteiger charge is 2.75. The molecule has 45 heavy (non-hydrogen) atoms. The van der Waals surface area contributed by atoms with E-state index < -0.39 is 51.2 Å². The molecule has 4 amide bonds. The number of rotatable bonds is 11. The number of carbonyl (C=O) groups is 5. The summed E-state index contributed by atoms with van der Waals surface area (Å²) in [6, 6.07) is 3.13. The number of phenolic OH excluding ortho intramolecular Hbond substituents is 1. The molecule has 11 nitrogen and oxygen atoms in total. The summed E-state index contributed by atoms with van der Waals surface area (Å²) >= 11 is 17.6. The molecule has 0 spiro atoms. The van der Waals surface area contributed by atoms with E-state index in [4.69, 9.17) is 37.8 Å². The first-order chi connectivity index (χ1) is 21.3. The van der Waals surface area contributed by atoms with Crippen LogP contribution in [-0.2, 0) is 24.0 Å². The Morgan fingerprint density at radius 1 is 1.02 bits per heavy atom. The molecule has 0 bridgehead atoms. The number of hydrogen-bond donors (Lipinski definition) is 2. The highest BCUT2D eigenvalue weighted by molar-refractivity contribution is 9.09. The number of imide groups is 2. The Bertz CT molecular complexity index is 1490. The Morgan fingerprint density at radius 3 is 2.29 bits per heavy atom. The smallest absolute Gasteiger partial charge is 0.303 e. The minimum Gasteiger partial charge on any atom is -0.502 e. The zero-order valence-corrected chi connectivity index (χ0v) is 27.7. The first-order valence-corrected chi connectivity index (χ1v) is 16.4. The molecule has 0 aromatic heterocycles. The van der Waals surface area contributed by atoms with E-state index in [-0.39, 0.29) is 60.3 Å². The fourth-order valence-electron chi connectivity index (χ4n) is 7.23. The van der Waals surface area contributed by atoms with E-state index >= 15 is 0 Å². The van der Waals surface area contributed by atoms with Crippen LogP contribution in [-0.4, -0.2) is 85.6 Å². The predicted molar refractivity (Wildman–Crippen MR) is 167 cm³/mol. The molecule has 1 aromatic carbocycles. The van der Waals surface area contributed by atoms with E-state index in [0.717, 1.165) is 4.90 Å². The number of likely N-dealkylation sites (tertiary alicyclic amines) is 2. The van der Waals surface area contributed by atoms with Crippen LogP contribution in [0.1, 0.15) is 44.1 Å². The van der Waals surface area contributed by atoms with Crippen LogP contribution in [0.5, 0.6) is 17.2 Å². The molecule has 2 aliphatic heterocycles. The average molecular weight is 728 g/mol. The molecule has 3 fully saturated rings. The number of alkyl halides is 3. The van der Waals surface area contributed by atoms with E-state index in [9.17, 15) is 29.1 Å². The maximum atomic E-state index is 13.8. The number of allylic oxidation sites excluding steroid dienone is 3. The summed E-state index contributed by atoms with van der Waals surface area (Å²) in [5, 5.41) is 19.3. The number of benzene rings is 1. The topological polar surface area (TPSA) is 151 Å². The lowest BCUT2D eigenvalue weighted by Gasteiger charge is -2.49. The zero-order valence-electron chi connectivity index (χ0n) is 24.6. The van der Waals surface area contributed by atoms with Crippen molar-refractivity contribution in [3.63, 3.8) is 0 Å². The summed E-state index contributed by atoms with van der Waals surface area (Å²) in [6.45, 7) is 0.167. The molecular formula is C31H33BrCl2N2O9. The Balaban J connectivity index is 1.53. The summed E-state index contributed by atoms with van der Waals surface area (Å²) in [5.41, 5.74) is 1.06. The first kappa shape index (κ1) is 33.3. The van der Waals surface area contributed by atoms with E-state index in [0.29, 0.717) is 30.4 Å². The van der Waals surface area contributed by atoms with Gasteiger partial charge >= 0.3 is 5.97 Å². The standard InChI is InChI=1S/C31H33BrCl2N2O9/c1-44-21-12-16(13-22(45-2)25(21)39)7-10-20-17-8-9-18-24(27(41)35(26(18)40)11-5-3-4-6-23(37)38)19(17)14-30(33)28(42)36(15-32)29(43)31(20,30)34/h7-8,10,12-13,18-20,24,39H,3-6,9,11,14-15H2,1-2H3,(H,37,38). The lowest BCUT2D eigenvalue weighted by molar-refractivity contribution is -0.141. The van der Waals surface area contributed by atoms with Crippen molar-refractivity contribution in [3.05, 3.63) is 35.4 Å². The second-order valence-electron chi connectivity index (χ2n) is 11.7. The van der Waals surface area contributed by atoms with Gasteiger partial charge in [0.1, 0.15) is 0 Å². The van der Waals surface area contributed by atoms with Crippen LogP contribution >= 0.6 is 39.1 Å². The highest BCUT2D eigenvalue weighted by Crippen LogP contribution is 2.63. The lowest BCUT2D eigenvalue weighted by Crippen LogP contribution is -2.60. The van der Waals surface area contributed by atoms with E-state index in [1.54, 1.807) is 24.3 Å². The van der Waals surface area contributed by atoms with Crippen molar-refractivity contribution < 1.29 is 43.7 Å². The summed E-state index contributed by atoms with van der Waals surface area (Å²) in [5.74, 6) is -5.84. The second kappa shape index (κ2) is 12.6. The van der Waals surface area contributed by atoms with Gasteiger partial charge < -0.3 is 19.7 Å². The quantitative estimate of drug-likeness (QED) is 0.112. The van der Waals surface area contributed by atoms with Gasteiger partial charge in [0.15, 0.2) is 21.2 Å². The summed E-state index contributed by atoms with van der Waals surface area (Å²) in [4.78, 5) is 64.0. The van der Waals surface area contributed by atoms with Gasteiger partial charge in [-0.3, -0.25) is 33.8 Å². The van der Waals surface area contributed by atoms with Crippen LogP contribution in [0.25, 0.3) is 6.08 Å². The van der Waals surface area contributed by atoms with Crippen molar-refractivity contribution in [1.29, 1.82) is 0 Å².